The Hall–Kier alpha value is -2.31. The number of hydrogen-bond donors (Lipinski definition) is 2. The zero-order valence-electron chi connectivity index (χ0n) is 17.4. The van der Waals surface area contributed by atoms with Crippen molar-refractivity contribution in [3.8, 4) is 0 Å². The molecular formula is C23H33N5O. The van der Waals surface area contributed by atoms with Crippen LogP contribution in [0, 0.1) is 0 Å². The molecule has 2 aliphatic rings. The molecule has 6 heteroatoms. The third-order valence-electron chi connectivity index (χ3n) is 6.07. The predicted molar refractivity (Wildman–Crippen MR) is 117 cm³/mol. The van der Waals surface area contributed by atoms with Gasteiger partial charge in [0.05, 0.1) is 12.3 Å². The molecule has 0 amide bonds. The van der Waals surface area contributed by atoms with Gasteiger partial charge in [0.1, 0.15) is 5.76 Å². The van der Waals surface area contributed by atoms with Crippen molar-refractivity contribution in [2.24, 2.45) is 4.99 Å². The number of rotatable bonds is 7. The molecular weight excluding hydrogens is 362 g/mol. The molecule has 4 rings (SSSR count). The van der Waals surface area contributed by atoms with E-state index in [1.165, 1.54) is 24.0 Å². The molecule has 0 spiro atoms. The molecule has 0 radical (unpaired) electrons. The molecule has 1 unspecified atom stereocenters. The second-order valence-electron chi connectivity index (χ2n) is 7.95. The lowest BCUT2D eigenvalue weighted by atomic mass is 10.00. The molecule has 3 heterocycles. The van der Waals surface area contributed by atoms with E-state index < -0.39 is 0 Å². The minimum absolute atomic E-state index is 0.254. The van der Waals surface area contributed by atoms with Gasteiger partial charge in [-0.05, 0) is 55.6 Å². The highest BCUT2D eigenvalue weighted by Crippen LogP contribution is 2.24. The molecule has 1 aromatic heterocycles. The maximum atomic E-state index is 5.71. The van der Waals surface area contributed by atoms with Crippen molar-refractivity contribution in [2.45, 2.75) is 31.8 Å². The quantitative estimate of drug-likeness (QED) is 0.558. The number of guanidine groups is 1. The molecule has 6 nitrogen and oxygen atoms in total. The van der Waals surface area contributed by atoms with Gasteiger partial charge in [-0.1, -0.05) is 24.3 Å². The van der Waals surface area contributed by atoms with Crippen LogP contribution in [0.1, 0.15) is 35.8 Å². The normalized spacial score (nSPS) is 19.1. The summed E-state index contributed by atoms with van der Waals surface area (Å²) in [5, 5.41) is 6.99. The summed E-state index contributed by atoms with van der Waals surface area (Å²) in [7, 11) is 1.84. The molecule has 1 fully saturated rings. The van der Waals surface area contributed by atoms with E-state index in [2.05, 4.69) is 55.8 Å². The maximum absolute atomic E-state index is 5.71. The maximum Gasteiger partial charge on any atom is 0.191 e. The van der Waals surface area contributed by atoms with E-state index >= 15 is 0 Å². The number of fused-ring (bicyclic) bond motifs is 1. The van der Waals surface area contributed by atoms with E-state index in [-0.39, 0.29) is 6.04 Å². The Bertz CT molecular complexity index is 782. The Labute approximate surface area is 174 Å². The molecule has 1 atom stereocenters. The summed E-state index contributed by atoms with van der Waals surface area (Å²) in [6, 6.07) is 13.1. The SMILES string of the molecule is CN=C(NCCN1CCc2ccccc2C1)NCC(c1ccco1)N1CCCC1. The van der Waals surface area contributed by atoms with E-state index in [0.717, 1.165) is 64.0 Å². The van der Waals surface area contributed by atoms with Crippen LogP contribution in [0.2, 0.25) is 0 Å². The Morgan fingerprint density at radius 3 is 2.66 bits per heavy atom. The Morgan fingerprint density at radius 1 is 1.07 bits per heavy atom. The van der Waals surface area contributed by atoms with Crippen LogP contribution >= 0.6 is 0 Å². The first-order valence-electron chi connectivity index (χ1n) is 10.8. The lowest BCUT2D eigenvalue weighted by Gasteiger charge is -2.29. The van der Waals surface area contributed by atoms with Gasteiger partial charge in [0, 0.05) is 39.8 Å². The fourth-order valence-corrected chi connectivity index (χ4v) is 4.44. The topological polar surface area (TPSA) is 56.0 Å². The van der Waals surface area contributed by atoms with Gasteiger partial charge in [-0.15, -0.1) is 0 Å². The number of furan rings is 1. The lowest BCUT2D eigenvalue weighted by Crippen LogP contribution is -2.45. The number of nitrogens with zero attached hydrogens (tertiary/aromatic N) is 3. The second-order valence-corrected chi connectivity index (χ2v) is 7.95. The Morgan fingerprint density at radius 2 is 1.90 bits per heavy atom. The summed E-state index contributed by atoms with van der Waals surface area (Å²) in [6.45, 7) is 7.13. The second kappa shape index (κ2) is 9.94. The van der Waals surface area contributed by atoms with E-state index in [9.17, 15) is 0 Å². The summed E-state index contributed by atoms with van der Waals surface area (Å²) in [5.41, 5.74) is 2.97. The number of benzene rings is 1. The molecule has 2 aromatic rings. The zero-order valence-corrected chi connectivity index (χ0v) is 17.4. The standard InChI is InChI=1S/C23H33N5O/c1-24-23(25-11-15-27-14-10-19-7-2-3-8-20(19)18-27)26-17-21(22-9-6-16-29-22)28-12-4-5-13-28/h2-3,6-9,16,21H,4-5,10-15,17-18H2,1H3,(H2,24,25,26). The highest BCUT2D eigenvalue weighted by Gasteiger charge is 2.25. The van der Waals surface area contributed by atoms with Crippen LogP contribution in [0.25, 0.3) is 0 Å². The van der Waals surface area contributed by atoms with Gasteiger partial charge in [0.2, 0.25) is 0 Å². The van der Waals surface area contributed by atoms with Crippen LogP contribution in [-0.4, -0.2) is 62.1 Å². The molecule has 0 aliphatic carbocycles. The molecule has 0 saturated carbocycles. The van der Waals surface area contributed by atoms with Crippen LogP contribution in [-0.2, 0) is 13.0 Å². The van der Waals surface area contributed by atoms with Crippen molar-refractivity contribution in [1.29, 1.82) is 0 Å². The van der Waals surface area contributed by atoms with Crippen molar-refractivity contribution in [3.63, 3.8) is 0 Å². The van der Waals surface area contributed by atoms with E-state index in [1.807, 2.05) is 13.1 Å². The van der Waals surface area contributed by atoms with Gasteiger partial charge >= 0.3 is 0 Å². The van der Waals surface area contributed by atoms with Crippen molar-refractivity contribution >= 4 is 5.96 Å². The molecule has 29 heavy (non-hydrogen) atoms. The lowest BCUT2D eigenvalue weighted by molar-refractivity contribution is 0.215. The molecule has 156 valence electrons. The Kier molecular flexibility index (Phi) is 6.85. The summed E-state index contributed by atoms with van der Waals surface area (Å²) in [5.74, 6) is 1.89. The largest absolute Gasteiger partial charge is 0.468 e. The average Bonchev–Trinajstić information content (AvgIpc) is 3.47. The van der Waals surface area contributed by atoms with Gasteiger partial charge in [-0.2, -0.15) is 0 Å². The third-order valence-corrected chi connectivity index (χ3v) is 6.07. The van der Waals surface area contributed by atoms with E-state index in [4.69, 9.17) is 4.42 Å². The van der Waals surface area contributed by atoms with Gasteiger partial charge in [0.25, 0.3) is 0 Å². The number of aliphatic imine (C=N–C) groups is 1. The molecule has 2 aliphatic heterocycles. The van der Waals surface area contributed by atoms with Gasteiger partial charge < -0.3 is 15.1 Å². The van der Waals surface area contributed by atoms with Crippen molar-refractivity contribution in [3.05, 3.63) is 59.5 Å². The minimum atomic E-state index is 0.254. The summed E-state index contributed by atoms with van der Waals surface area (Å²) < 4.78 is 5.71. The number of nitrogens with one attached hydrogen (secondary N) is 2. The highest BCUT2D eigenvalue weighted by molar-refractivity contribution is 5.79. The van der Waals surface area contributed by atoms with Gasteiger partial charge in [-0.25, -0.2) is 0 Å². The number of likely N-dealkylation sites (tertiary alicyclic amines) is 1. The first-order chi connectivity index (χ1) is 14.3. The summed E-state index contributed by atoms with van der Waals surface area (Å²) in [6.07, 6.45) is 5.44. The van der Waals surface area contributed by atoms with E-state index in [1.54, 1.807) is 6.26 Å². The van der Waals surface area contributed by atoms with Gasteiger partial charge in [0.15, 0.2) is 5.96 Å². The summed E-state index contributed by atoms with van der Waals surface area (Å²) >= 11 is 0. The molecule has 1 saturated heterocycles. The first-order valence-corrected chi connectivity index (χ1v) is 10.8. The fraction of sp³-hybridized carbons (Fsp3) is 0.522. The van der Waals surface area contributed by atoms with Crippen molar-refractivity contribution < 1.29 is 4.42 Å². The van der Waals surface area contributed by atoms with Gasteiger partial charge in [-0.3, -0.25) is 14.8 Å². The van der Waals surface area contributed by atoms with Crippen LogP contribution in [0.15, 0.2) is 52.1 Å². The number of hydrogen-bond acceptors (Lipinski definition) is 4. The predicted octanol–water partition coefficient (Wildman–Crippen LogP) is 2.64. The van der Waals surface area contributed by atoms with Crippen LogP contribution in [0.4, 0.5) is 0 Å². The molecule has 2 N–H and O–H groups in total. The average molecular weight is 396 g/mol. The van der Waals surface area contributed by atoms with Crippen LogP contribution in [0.5, 0.6) is 0 Å². The fourth-order valence-electron chi connectivity index (χ4n) is 4.44. The van der Waals surface area contributed by atoms with Crippen LogP contribution in [0.3, 0.4) is 0 Å². The third kappa shape index (κ3) is 5.19. The zero-order chi connectivity index (χ0) is 19.9. The van der Waals surface area contributed by atoms with E-state index in [0.29, 0.717) is 0 Å². The minimum Gasteiger partial charge on any atom is -0.468 e. The highest BCUT2D eigenvalue weighted by atomic mass is 16.3. The van der Waals surface area contributed by atoms with Crippen molar-refractivity contribution in [2.75, 3.05) is 46.3 Å². The van der Waals surface area contributed by atoms with Crippen LogP contribution < -0.4 is 10.6 Å². The molecule has 1 aromatic carbocycles. The smallest absolute Gasteiger partial charge is 0.191 e. The Balaban J connectivity index is 1.24. The summed E-state index contributed by atoms with van der Waals surface area (Å²) in [4.78, 5) is 9.43. The first kappa shape index (κ1) is 20.0. The molecule has 0 bridgehead atoms. The monoisotopic (exact) mass is 395 g/mol. The van der Waals surface area contributed by atoms with Crippen molar-refractivity contribution in [1.82, 2.24) is 20.4 Å².